The number of carbonyl (C=O) groups excluding carboxylic acids is 1. The van der Waals surface area contributed by atoms with Crippen molar-refractivity contribution >= 4 is 41.2 Å². The van der Waals surface area contributed by atoms with Crippen LogP contribution in [0.2, 0.25) is 0 Å². The van der Waals surface area contributed by atoms with Gasteiger partial charge in [-0.05, 0) is 50.5 Å². The Morgan fingerprint density at radius 3 is 2.77 bits per heavy atom. The second-order valence-corrected chi connectivity index (χ2v) is 8.35. The lowest BCUT2D eigenvalue weighted by Gasteiger charge is -2.29. The zero-order chi connectivity index (χ0) is 22.9. The molecule has 164 valence electrons. The molecular formula is C18H21BN4O7S. The first kappa shape index (κ1) is 22.4. The molecule has 0 aliphatic carbocycles. The Balaban J connectivity index is 1.85. The number of nitrogens with zero attached hydrogens (tertiary/aromatic N) is 2. The molecule has 2 aromatic rings. The van der Waals surface area contributed by atoms with Crippen LogP contribution in [0.4, 0.5) is 5.13 Å². The zero-order valence-corrected chi connectivity index (χ0v) is 17.8. The van der Waals surface area contributed by atoms with Gasteiger partial charge in [-0.3, -0.25) is 4.79 Å². The molecule has 1 aliphatic rings. The van der Waals surface area contributed by atoms with Gasteiger partial charge in [0.1, 0.15) is 17.2 Å². The fourth-order valence-corrected chi connectivity index (χ4v) is 3.39. The first-order valence-corrected chi connectivity index (χ1v) is 10.0. The lowest BCUT2D eigenvalue weighted by Crippen LogP contribution is -2.54. The summed E-state index contributed by atoms with van der Waals surface area (Å²) in [5.41, 5.74) is 4.95. The highest BCUT2D eigenvalue weighted by molar-refractivity contribution is 7.13. The number of nitrogens with two attached hydrogens (primary N) is 1. The minimum Gasteiger partial charge on any atom is -0.534 e. The van der Waals surface area contributed by atoms with E-state index in [4.69, 9.17) is 15.2 Å². The summed E-state index contributed by atoms with van der Waals surface area (Å²) in [5, 5.41) is 37.3. The van der Waals surface area contributed by atoms with Gasteiger partial charge in [0.2, 0.25) is 5.60 Å². The van der Waals surface area contributed by atoms with E-state index in [9.17, 15) is 24.8 Å². The number of benzene rings is 1. The number of carbonyl (C=O) groups is 2. The molecule has 0 spiro atoms. The van der Waals surface area contributed by atoms with Gasteiger partial charge in [-0.1, -0.05) is 5.16 Å². The summed E-state index contributed by atoms with van der Waals surface area (Å²) in [4.78, 5) is 33.3. The van der Waals surface area contributed by atoms with Crippen LogP contribution < -0.4 is 15.7 Å². The number of phenols is 1. The highest BCUT2D eigenvalue weighted by Crippen LogP contribution is 2.33. The van der Waals surface area contributed by atoms with Gasteiger partial charge in [0.25, 0.3) is 5.91 Å². The van der Waals surface area contributed by atoms with Crippen LogP contribution >= 0.6 is 11.3 Å². The smallest absolute Gasteiger partial charge is 0.534 e. The Labute approximate surface area is 181 Å². The second kappa shape index (κ2) is 8.43. The second-order valence-electron chi connectivity index (χ2n) is 7.46. The highest BCUT2D eigenvalue weighted by Gasteiger charge is 2.38. The van der Waals surface area contributed by atoms with Crippen molar-refractivity contribution in [3.63, 3.8) is 0 Å². The fraction of sp³-hybridized carbons (Fsp3) is 0.333. The quantitative estimate of drug-likeness (QED) is 0.239. The Morgan fingerprint density at radius 2 is 2.16 bits per heavy atom. The number of anilines is 1. The molecule has 3 rings (SSSR count). The number of rotatable bonds is 6. The monoisotopic (exact) mass is 448 g/mol. The predicted octanol–water partition coefficient (Wildman–Crippen LogP) is 0.463. The summed E-state index contributed by atoms with van der Waals surface area (Å²) >= 11 is 1.06. The Morgan fingerprint density at radius 1 is 1.45 bits per heavy atom. The molecule has 2 heterocycles. The molecule has 11 nitrogen and oxygen atoms in total. The number of fused-ring (bicyclic) bond motifs is 1. The van der Waals surface area contributed by atoms with Gasteiger partial charge in [-0.25, -0.2) is 9.78 Å². The van der Waals surface area contributed by atoms with Gasteiger partial charge >= 0.3 is 13.1 Å². The average Bonchev–Trinajstić information content (AvgIpc) is 3.09. The molecule has 0 saturated heterocycles. The van der Waals surface area contributed by atoms with Gasteiger partial charge < -0.3 is 35.8 Å². The fourth-order valence-electron chi connectivity index (χ4n) is 2.85. The molecule has 1 aromatic heterocycles. The molecule has 13 heteroatoms. The van der Waals surface area contributed by atoms with Gasteiger partial charge in [0, 0.05) is 5.38 Å². The first-order valence-electron chi connectivity index (χ1n) is 9.17. The number of aromatic nitrogens is 1. The van der Waals surface area contributed by atoms with Gasteiger partial charge in [0.15, 0.2) is 10.8 Å². The minimum absolute atomic E-state index is 0.0332. The van der Waals surface area contributed by atoms with Gasteiger partial charge in [-0.2, -0.15) is 0 Å². The summed E-state index contributed by atoms with van der Waals surface area (Å²) in [6.07, 6.45) is 0.172. The summed E-state index contributed by atoms with van der Waals surface area (Å²) in [5.74, 6) is -2.47. The molecule has 1 aliphatic heterocycles. The normalized spacial score (nSPS) is 16.3. The third kappa shape index (κ3) is 4.89. The third-order valence-corrected chi connectivity index (χ3v) is 5.21. The van der Waals surface area contributed by atoms with Crippen LogP contribution in [0.25, 0.3) is 0 Å². The van der Waals surface area contributed by atoms with Gasteiger partial charge in [-0.15, -0.1) is 11.3 Å². The summed E-state index contributed by atoms with van der Waals surface area (Å²) in [6, 6.07) is 2.99. The number of aryl methyl sites for hydroxylation is 1. The predicted molar refractivity (Wildman–Crippen MR) is 113 cm³/mol. The molecule has 31 heavy (non-hydrogen) atoms. The number of carboxylic acid groups (broad SMARTS) is 1. The van der Waals surface area contributed by atoms with Crippen LogP contribution in [0.3, 0.4) is 0 Å². The first-order chi connectivity index (χ1) is 14.5. The molecule has 6 N–H and O–H groups in total. The average molecular weight is 448 g/mol. The zero-order valence-electron chi connectivity index (χ0n) is 16.9. The molecule has 0 bridgehead atoms. The topological polar surface area (TPSA) is 177 Å². The lowest BCUT2D eigenvalue weighted by molar-refractivity contribution is -0.161. The standard InChI is InChI=1S/C18H21BN4O7S/c1-8-4-10(24)5-9-6-12(19(28)29-14(8)9)22-15(25)13(11-7-31-17(20)21-11)23-30-18(2,3)16(26)27/h4-5,7,12,24,28H,6H2,1-3H3,(H2,20,21)(H,22,25)(H,26,27)/b23-13-/t12-/m0/s1. The van der Waals surface area contributed by atoms with Crippen LogP contribution in [-0.4, -0.2) is 56.5 Å². The minimum atomic E-state index is -1.70. The van der Waals surface area contributed by atoms with Crippen LogP contribution in [0.15, 0.2) is 22.7 Å². The van der Waals surface area contributed by atoms with E-state index in [1.54, 1.807) is 6.92 Å². The van der Waals surface area contributed by atoms with Crippen molar-refractivity contribution in [2.24, 2.45) is 5.16 Å². The summed E-state index contributed by atoms with van der Waals surface area (Å²) in [6.45, 7) is 4.27. The van der Waals surface area contributed by atoms with Crippen molar-refractivity contribution < 1.29 is 34.3 Å². The number of oxime groups is 1. The van der Waals surface area contributed by atoms with E-state index >= 15 is 0 Å². The Bertz CT molecular complexity index is 1060. The summed E-state index contributed by atoms with van der Waals surface area (Å²) in [7, 11) is -1.36. The number of carboxylic acids is 1. The van der Waals surface area contributed by atoms with Crippen LogP contribution in [-0.2, 0) is 20.8 Å². The molecule has 0 saturated carbocycles. The van der Waals surface area contributed by atoms with E-state index in [0.717, 1.165) is 11.3 Å². The molecule has 0 radical (unpaired) electrons. The summed E-state index contributed by atoms with van der Waals surface area (Å²) < 4.78 is 5.51. The van der Waals surface area contributed by atoms with Crippen molar-refractivity contribution in [2.75, 3.05) is 5.73 Å². The number of phenolic OH excluding ortho intramolecular Hbond substituents is 1. The van der Waals surface area contributed by atoms with Gasteiger partial charge in [0.05, 0.1) is 5.94 Å². The maximum Gasteiger partial charge on any atom is 0.547 e. The van der Waals surface area contributed by atoms with Crippen LogP contribution in [0, 0.1) is 6.92 Å². The number of amides is 1. The molecular weight excluding hydrogens is 427 g/mol. The van der Waals surface area contributed by atoms with Crippen molar-refractivity contribution in [3.8, 4) is 11.5 Å². The number of nitrogen functional groups attached to an aromatic ring is 1. The van der Waals surface area contributed by atoms with E-state index < -0.39 is 30.5 Å². The maximum atomic E-state index is 12.9. The van der Waals surface area contributed by atoms with E-state index in [0.29, 0.717) is 16.9 Å². The largest absolute Gasteiger partial charge is 0.547 e. The van der Waals surface area contributed by atoms with Crippen molar-refractivity contribution in [1.29, 1.82) is 0 Å². The molecule has 0 unspecified atom stereocenters. The molecule has 1 amide bonds. The Hall–Kier alpha value is -3.32. The third-order valence-electron chi connectivity index (χ3n) is 4.54. The molecule has 1 aromatic carbocycles. The molecule has 1 atom stereocenters. The number of hydrogen-bond donors (Lipinski definition) is 5. The SMILES string of the molecule is Cc1cc(O)cc2c1OB(O)[C@@H](NC(=O)/C(=N\OC(C)(C)C(=O)O)c1csc(N)n1)C2. The van der Waals surface area contributed by atoms with Crippen molar-refractivity contribution in [2.45, 2.75) is 38.7 Å². The van der Waals surface area contributed by atoms with E-state index in [1.807, 2.05) is 0 Å². The Kier molecular flexibility index (Phi) is 6.09. The van der Waals surface area contributed by atoms with Crippen molar-refractivity contribution in [1.82, 2.24) is 10.3 Å². The molecule has 0 fully saturated rings. The van der Waals surface area contributed by atoms with E-state index in [2.05, 4.69) is 15.5 Å². The van der Waals surface area contributed by atoms with Crippen LogP contribution in [0.1, 0.15) is 30.7 Å². The van der Waals surface area contributed by atoms with E-state index in [1.165, 1.54) is 31.4 Å². The number of nitrogens with one attached hydrogen (secondary N) is 1. The van der Waals surface area contributed by atoms with Crippen LogP contribution in [0.5, 0.6) is 11.5 Å². The number of aromatic hydroxyl groups is 1. The maximum absolute atomic E-state index is 12.9. The number of hydrogen-bond acceptors (Lipinski definition) is 10. The lowest BCUT2D eigenvalue weighted by atomic mass is 9.72. The number of thiazole rings is 1. The van der Waals surface area contributed by atoms with Crippen molar-refractivity contribution in [3.05, 3.63) is 34.3 Å². The van der Waals surface area contributed by atoms with E-state index in [-0.39, 0.29) is 28.7 Å². The highest BCUT2D eigenvalue weighted by atomic mass is 32.1. The number of aliphatic carboxylic acids is 1.